The zero-order chi connectivity index (χ0) is 17.8. The van der Waals surface area contributed by atoms with Crippen molar-refractivity contribution in [3.63, 3.8) is 0 Å². The van der Waals surface area contributed by atoms with Crippen molar-refractivity contribution in [1.29, 1.82) is 0 Å². The van der Waals surface area contributed by atoms with Crippen molar-refractivity contribution in [2.75, 3.05) is 24.7 Å². The van der Waals surface area contributed by atoms with Gasteiger partial charge in [0.05, 0.1) is 18.7 Å². The average molecular weight is 360 g/mol. The molecule has 1 aromatic heterocycles. The number of rotatable bonds is 6. The Morgan fingerprint density at radius 2 is 2.36 bits per heavy atom. The van der Waals surface area contributed by atoms with Gasteiger partial charge in [-0.1, -0.05) is 0 Å². The van der Waals surface area contributed by atoms with Gasteiger partial charge in [-0.2, -0.15) is 0 Å². The highest BCUT2D eigenvalue weighted by Crippen LogP contribution is 2.34. The van der Waals surface area contributed by atoms with Crippen LogP contribution in [0.25, 0.3) is 0 Å². The highest BCUT2D eigenvalue weighted by Gasteiger charge is 2.30. The number of carbonyl (C=O) groups excluding carboxylic acids is 2. The van der Waals surface area contributed by atoms with Gasteiger partial charge in [0.1, 0.15) is 5.75 Å². The average Bonchev–Trinajstić information content (AvgIpc) is 3.02. The van der Waals surface area contributed by atoms with E-state index in [1.54, 1.807) is 25.3 Å². The molecule has 0 bridgehead atoms. The van der Waals surface area contributed by atoms with Crippen LogP contribution in [-0.2, 0) is 16.0 Å². The molecule has 132 valence electrons. The lowest BCUT2D eigenvalue weighted by molar-refractivity contribution is -0.126. The Morgan fingerprint density at radius 3 is 3.08 bits per heavy atom. The number of ether oxygens (including phenoxy) is 1. The summed E-state index contributed by atoms with van der Waals surface area (Å²) in [6, 6.07) is 5.33. The van der Waals surface area contributed by atoms with Crippen LogP contribution in [0.5, 0.6) is 5.75 Å². The highest BCUT2D eigenvalue weighted by atomic mass is 32.1. The van der Waals surface area contributed by atoms with E-state index in [0.717, 1.165) is 24.1 Å². The molecule has 1 aliphatic rings. The molecule has 0 aliphatic carbocycles. The molecule has 2 heterocycles. The monoisotopic (exact) mass is 360 g/mol. The molecule has 7 nitrogen and oxygen atoms in total. The number of anilines is 2. The second-order valence-electron chi connectivity index (χ2n) is 5.83. The molecule has 0 unspecified atom stereocenters. The van der Waals surface area contributed by atoms with Crippen molar-refractivity contribution < 1.29 is 14.3 Å². The number of aryl methyl sites for hydroxylation is 1. The molecule has 0 saturated heterocycles. The molecule has 4 N–H and O–H groups in total. The zero-order valence-electron chi connectivity index (χ0n) is 13.9. The van der Waals surface area contributed by atoms with E-state index >= 15 is 0 Å². The first-order valence-corrected chi connectivity index (χ1v) is 8.90. The number of nitrogens with two attached hydrogens (primary N) is 1. The molecule has 0 radical (unpaired) electrons. The van der Waals surface area contributed by atoms with E-state index in [2.05, 4.69) is 15.6 Å². The van der Waals surface area contributed by atoms with Gasteiger partial charge in [-0.15, -0.1) is 11.3 Å². The van der Waals surface area contributed by atoms with Crippen LogP contribution in [0.1, 0.15) is 30.0 Å². The Hall–Kier alpha value is -2.61. The molecule has 8 heteroatoms. The summed E-state index contributed by atoms with van der Waals surface area (Å²) in [6.45, 7) is 0.522. The molecule has 1 atom stereocenters. The van der Waals surface area contributed by atoms with Gasteiger partial charge in [0.25, 0.3) is 0 Å². The van der Waals surface area contributed by atoms with Crippen molar-refractivity contribution in [3.8, 4) is 5.75 Å². The van der Waals surface area contributed by atoms with Crippen LogP contribution in [-0.4, -0.2) is 30.5 Å². The Balaban J connectivity index is 1.61. The second kappa shape index (κ2) is 7.52. The van der Waals surface area contributed by atoms with Gasteiger partial charge in [0.2, 0.25) is 11.8 Å². The molecule has 0 saturated carbocycles. The first-order chi connectivity index (χ1) is 12.1. The first-order valence-electron chi connectivity index (χ1n) is 8.02. The number of nitrogen functional groups attached to an aromatic ring is 1. The van der Waals surface area contributed by atoms with Gasteiger partial charge in [0, 0.05) is 24.0 Å². The summed E-state index contributed by atoms with van der Waals surface area (Å²) in [4.78, 5) is 28.6. The Kier molecular flexibility index (Phi) is 5.18. The van der Waals surface area contributed by atoms with E-state index in [1.165, 1.54) is 11.3 Å². The van der Waals surface area contributed by atoms with E-state index in [9.17, 15) is 9.59 Å². The number of nitrogens with zero attached hydrogens (tertiary/aromatic N) is 1. The standard InChI is InChI=1S/C17H20N4O3S/c1-24-11-4-5-14-12(7-11)13(8-15(22)21-14)16(23)19-6-2-3-10-9-25-17(18)20-10/h4-5,7,9,13H,2-3,6,8H2,1H3,(H2,18,20)(H,19,23)(H,21,22)/t13-/m0/s1. The number of fused-ring (bicyclic) bond motifs is 1. The fourth-order valence-corrected chi connectivity index (χ4v) is 3.44. The Labute approximate surface area is 149 Å². The number of thiazole rings is 1. The summed E-state index contributed by atoms with van der Waals surface area (Å²) in [5.41, 5.74) is 7.98. The number of amides is 2. The predicted molar refractivity (Wildman–Crippen MR) is 96.8 cm³/mol. The second-order valence-corrected chi connectivity index (χ2v) is 6.72. The summed E-state index contributed by atoms with van der Waals surface area (Å²) in [5, 5.41) is 8.18. The first kappa shape index (κ1) is 17.2. The summed E-state index contributed by atoms with van der Waals surface area (Å²) in [5.74, 6) is -0.152. The summed E-state index contributed by atoms with van der Waals surface area (Å²) in [6.07, 6.45) is 1.65. The van der Waals surface area contributed by atoms with Gasteiger partial charge in [0.15, 0.2) is 5.13 Å². The van der Waals surface area contributed by atoms with E-state index in [1.807, 2.05) is 5.38 Å². The fourth-order valence-electron chi connectivity index (χ4n) is 2.84. The van der Waals surface area contributed by atoms with Gasteiger partial charge in [-0.05, 0) is 36.6 Å². The lowest BCUT2D eigenvalue weighted by atomic mass is 9.89. The minimum absolute atomic E-state index is 0.134. The number of hydrogen-bond donors (Lipinski definition) is 3. The SMILES string of the molecule is COc1ccc2c(c1)[C@@H](C(=O)NCCCc1csc(N)n1)CC(=O)N2. The van der Waals surface area contributed by atoms with Gasteiger partial charge in [-0.25, -0.2) is 4.98 Å². The number of carbonyl (C=O) groups is 2. The van der Waals surface area contributed by atoms with E-state index < -0.39 is 5.92 Å². The minimum atomic E-state index is -0.506. The molecular formula is C17H20N4O3S. The number of hydrogen-bond acceptors (Lipinski definition) is 6. The lowest BCUT2D eigenvalue weighted by Crippen LogP contribution is -2.35. The van der Waals surface area contributed by atoms with Crippen LogP contribution in [0.4, 0.5) is 10.8 Å². The van der Waals surface area contributed by atoms with Crippen molar-refractivity contribution in [3.05, 3.63) is 34.8 Å². The van der Waals surface area contributed by atoms with Crippen LogP contribution in [0.3, 0.4) is 0 Å². The van der Waals surface area contributed by atoms with Crippen LogP contribution < -0.4 is 21.1 Å². The third-order valence-corrected chi connectivity index (χ3v) is 4.82. The fraction of sp³-hybridized carbons (Fsp3) is 0.353. The molecule has 1 aliphatic heterocycles. The third kappa shape index (κ3) is 4.08. The molecule has 3 rings (SSSR count). The Morgan fingerprint density at radius 1 is 1.52 bits per heavy atom. The lowest BCUT2D eigenvalue weighted by Gasteiger charge is -2.25. The topological polar surface area (TPSA) is 106 Å². The minimum Gasteiger partial charge on any atom is -0.497 e. The van der Waals surface area contributed by atoms with Gasteiger partial charge in [-0.3, -0.25) is 9.59 Å². The van der Waals surface area contributed by atoms with Crippen molar-refractivity contribution in [2.24, 2.45) is 0 Å². The number of nitrogens with one attached hydrogen (secondary N) is 2. The van der Waals surface area contributed by atoms with E-state index in [-0.39, 0.29) is 18.2 Å². The maximum absolute atomic E-state index is 12.6. The third-order valence-electron chi connectivity index (χ3n) is 4.09. The van der Waals surface area contributed by atoms with Gasteiger partial charge >= 0.3 is 0 Å². The molecule has 2 amide bonds. The quantitative estimate of drug-likeness (QED) is 0.682. The maximum Gasteiger partial charge on any atom is 0.228 e. The van der Waals surface area contributed by atoms with Crippen molar-refractivity contribution in [1.82, 2.24) is 10.3 Å². The molecular weight excluding hydrogens is 340 g/mol. The Bertz CT molecular complexity index is 790. The van der Waals surface area contributed by atoms with Crippen LogP contribution in [0, 0.1) is 0 Å². The smallest absolute Gasteiger partial charge is 0.228 e. The van der Waals surface area contributed by atoms with Crippen LogP contribution in [0.2, 0.25) is 0 Å². The summed E-state index contributed by atoms with van der Waals surface area (Å²) < 4.78 is 5.22. The van der Waals surface area contributed by atoms with E-state index in [4.69, 9.17) is 10.5 Å². The molecule has 25 heavy (non-hydrogen) atoms. The molecule has 1 aromatic carbocycles. The highest BCUT2D eigenvalue weighted by molar-refractivity contribution is 7.13. The van der Waals surface area contributed by atoms with E-state index in [0.29, 0.717) is 23.1 Å². The van der Waals surface area contributed by atoms with Crippen molar-refractivity contribution >= 4 is 34.0 Å². The van der Waals surface area contributed by atoms with Crippen LogP contribution in [0.15, 0.2) is 23.6 Å². The number of aromatic nitrogens is 1. The predicted octanol–water partition coefficient (Wildman–Crippen LogP) is 1.91. The number of methoxy groups -OCH3 is 1. The number of benzene rings is 1. The zero-order valence-corrected chi connectivity index (χ0v) is 14.7. The normalized spacial score (nSPS) is 16.0. The molecule has 2 aromatic rings. The molecule has 0 fully saturated rings. The van der Waals surface area contributed by atoms with Gasteiger partial charge < -0.3 is 21.1 Å². The summed E-state index contributed by atoms with van der Waals surface area (Å²) in [7, 11) is 1.57. The summed E-state index contributed by atoms with van der Waals surface area (Å²) >= 11 is 1.41. The van der Waals surface area contributed by atoms with Crippen LogP contribution >= 0.6 is 11.3 Å². The maximum atomic E-state index is 12.6. The largest absolute Gasteiger partial charge is 0.497 e. The van der Waals surface area contributed by atoms with Crippen molar-refractivity contribution in [2.45, 2.75) is 25.2 Å². The molecule has 0 spiro atoms.